The van der Waals surface area contributed by atoms with E-state index < -0.39 is 17.3 Å². The van der Waals surface area contributed by atoms with E-state index in [-0.39, 0.29) is 18.4 Å². The molecule has 4 heteroatoms. The Hall–Kier alpha value is -1.84. The summed E-state index contributed by atoms with van der Waals surface area (Å²) < 4.78 is 0. The van der Waals surface area contributed by atoms with Gasteiger partial charge in [0.25, 0.3) is 0 Å². The number of hydrogen-bond donors (Lipinski definition) is 2. The molecule has 1 aromatic carbocycles. The lowest BCUT2D eigenvalue weighted by atomic mass is 9.83. The molecule has 0 aliphatic rings. The molecule has 0 aromatic heterocycles. The standard InChI is InChI=1S/C16H23NO3/c1-11(2)13(14(18)19)10-17-15(20)16(3,4)12-8-6-5-7-9-12/h5-9,11,13H,10H2,1-4H3,(H,17,20)(H,18,19). The molecule has 1 aromatic rings. The number of benzene rings is 1. The van der Waals surface area contributed by atoms with Gasteiger partial charge in [0, 0.05) is 6.54 Å². The summed E-state index contributed by atoms with van der Waals surface area (Å²) >= 11 is 0. The predicted molar refractivity (Wildman–Crippen MR) is 78.4 cm³/mol. The van der Waals surface area contributed by atoms with E-state index in [0.29, 0.717) is 0 Å². The number of nitrogens with one attached hydrogen (secondary N) is 1. The Labute approximate surface area is 120 Å². The quantitative estimate of drug-likeness (QED) is 0.839. The number of carboxylic acids is 1. The van der Waals surface area contributed by atoms with Gasteiger partial charge >= 0.3 is 5.97 Å². The fourth-order valence-electron chi connectivity index (χ4n) is 2.02. The molecule has 1 atom stereocenters. The van der Waals surface area contributed by atoms with E-state index in [2.05, 4.69) is 5.32 Å². The van der Waals surface area contributed by atoms with Crippen LogP contribution in [0.1, 0.15) is 33.3 Å². The number of carboxylic acid groups (broad SMARTS) is 1. The third kappa shape index (κ3) is 3.83. The lowest BCUT2D eigenvalue weighted by molar-refractivity contribution is -0.143. The minimum atomic E-state index is -0.877. The van der Waals surface area contributed by atoms with Crippen LogP contribution < -0.4 is 5.32 Å². The maximum Gasteiger partial charge on any atom is 0.308 e. The van der Waals surface area contributed by atoms with Crippen LogP contribution in [0.2, 0.25) is 0 Å². The molecule has 1 amide bonds. The summed E-state index contributed by atoms with van der Waals surface area (Å²) in [5, 5.41) is 11.9. The lowest BCUT2D eigenvalue weighted by Crippen LogP contribution is -2.44. The highest BCUT2D eigenvalue weighted by Crippen LogP contribution is 2.23. The average molecular weight is 277 g/mol. The van der Waals surface area contributed by atoms with E-state index in [0.717, 1.165) is 5.56 Å². The third-order valence-corrected chi connectivity index (χ3v) is 3.67. The second-order valence-electron chi connectivity index (χ2n) is 5.89. The number of carbonyl (C=O) groups is 2. The van der Waals surface area contributed by atoms with Crippen LogP contribution in [0.25, 0.3) is 0 Å². The van der Waals surface area contributed by atoms with Crippen molar-refractivity contribution in [3.63, 3.8) is 0 Å². The second-order valence-corrected chi connectivity index (χ2v) is 5.89. The van der Waals surface area contributed by atoms with Crippen molar-refractivity contribution in [3.05, 3.63) is 35.9 Å². The molecule has 0 radical (unpaired) electrons. The van der Waals surface area contributed by atoms with Gasteiger partial charge in [0.05, 0.1) is 11.3 Å². The van der Waals surface area contributed by atoms with E-state index >= 15 is 0 Å². The van der Waals surface area contributed by atoms with Gasteiger partial charge in [-0.15, -0.1) is 0 Å². The molecule has 110 valence electrons. The molecule has 1 unspecified atom stereocenters. The zero-order valence-electron chi connectivity index (χ0n) is 12.5. The van der Waals surface area contributed by atoms with Crippen LogP contribution in [0.4, 0.5) is 0 Å². The van der Waals surface area contributed by atoms with Crippen molar-refractivity contribution in [3.8, 4) is 0 Å². The maximum atomic E-state index is 12.3. The highest BCUT2D eigenvalue weighted by Gasteiger charge is 2.31. The first-order valence-corrected chi connectivity index (χ1v) is 6.83. The van der Waals surface area contributed by atoms with Gasteiger partial charge in [0.1, 0.15) is 0 Å². The first-order chi connectivity index (χ1) is 9.26. The Bertz CT molecular complexity index is 466. The summed E-state index contributed by atoms with van der Waals surface area (Å²) in [4.78, 5) is 23.4. The van der Waals surface area contributed by atoms with Gasteiger partial charge in [0.2, 0.25) is 5.91 Å². The summed E-state index contributed by atoms with van der Waals surface area (Å²) in [6.45, 7) is 7.51. The minimum absolute atomic E-state index is 0.0207. The molecular formula is C16H23NO3. The van der Waals surface area contributed by atoms with Gasteiger partial charge in [-0.3, -0.25) is 9.59 Å². The summed E-state index contributed by atoms with van der Waals surface area (Å²) in [5.74, 6) is -1.62. The molecule has 0 aliphatic heterocycles. The molecule has 0 saturated heterocycles. The first-order valence-electron chi connectivity index (χ1n) is 6.83. The van der Waals surface area contributed by atoms with Crippen LogP contribution in [-0.4, -0.2) is 23.5 Å². The first kappa shape index (κ1) is 16.2. The summed E-state index contributed by atoms with van der Waals surface area (Å²) in [7, 11) is 0. The Morgan fingerprint density at radius 3 is 2.20 bits per heavy atom. The Balaban J connectivity index is 2.73. The van der Waals surface area contributed by atoms with Crippen molar-refractivity contribution in [2.24, 2.45) is 11.8 Å². The highest BCUT2D eigenvalue weighted by atomic mass is 16.4. The fraction of sp³-hybridized carbons (Fsp3) is 0.500. The largest absolute Gasteiger partial charge is 0.481 e. The molecular weight excluding hydrogens is 254 g/mol. The molecule has 0 aliphatic carbocycles. The van der Waals surface area contributed by atoms with Crippen LogP contribution in [0, 0.1) is 11.8 Å². The van der Waals surface area contributed by atoms with Crippen molar-refractivity contribution in [2.75, 3.05) is 6.54 Å². The van der Waals surface area contributed by atoms with Crippen molar-refractivity contribution in [1.82, 2.24) is 5.32 Å². The van der Waals surface area contributed by atoms with Crippen molar-refractivity contribution in [2.45, 2.75) is 33.1 Å². The van der Waals surface area contributed by atoms with E-state index in [4.69, 9.17) is 5.11 Å². The van der Waals surface area contributed by atoms with Gasteiger partial charge < -0.3 is 10.4 Å². The van der Waals surface area contributed by atoms with Crippen LogP contribution in [0.3, 0.4) is 0 Å². The number of carbonyl (C=O) groups excluding carboxylic acids is 1. The molecule has 1 rings (SSSR count). The Kier molecular flexibility index (Phi) is 5.31. The van der Waals surface area contributed by atoms with Crippen LogP contribution in [-0.2, 0) is 15.0 Å². The molecule has 4 nitrogen and oxygen atoms in total. The van der Waals surface area contributed by atoms with E-state index in [1.165, 1.54) is 0 Å². The minimum Gasteiger partial charge on any atom is -0.481 e. The Morgan fingerprint density at radius 2 is 1.75 bits per heavy atom. The van der Waals surface area contributed by atoms with E-state index in [1.807, 2.05) is 58.0 Å². The molecule has 0 spiro atoms. The molecule has 2 N–H and O–H groups in total. The summed E-state index contributed by atoms with van der Waals surface area (Å²) in [6, 6.07) is 9.47. The second kappa shape index (κ2) is 6.55. The third-order valence-electron chi connectivity index (χ3n) is 3.67. The molecule has 0 fully saturated rings. The van der Waals surface area contributed by atoms with Crippen LogP contribution in [0.5, 0.6) is 0 Å². The van der Waals surface area contributed by atoms with Crippen molar-refractivity contribution >= 4 is 11.9 Å². The number of aliphatic carboxylic acids is 1. The number of amides is 1. The van der Waals surface area contributed by atoms with Gasteiger partial charge in [0.15, 0.2) is 0 Å². The van der Waals surface area contributed by atoms with E-state index in [9.17, 15) is 9.59 Å². The SMILES string of the molecule is CC(C)C(CNC(=O)C(C)(C)c1ccccc1)C(=O)O. The summed E-state index contributed by atoms with van der Waals surface area (Å²) in [5.41, 5.74) is 0.232. The number of hydrogen-bond acceptors (Lipinski definition) is 2. The molecule has 0 bridgehead atoms. The van der Waals surface area contributed by atoms with Crippen LogP contribution >= 0.6 is 0 Å². The Morgan fingerprint density at radius 1 is 1.20 bits per heavy atom. The zero-order valence-corrected chi connectivity index (χ0v) is 12.5. The molecule has 20 heavy (non-hydrogen) atoms. The highest BCUT2D eigenvalue weighted by molar-refractivity contribution is 5.87. The predicted octanol–water partition coefficient (Wildman–Crippen LogP) is 2.44. The van der Waals surface area contributed by atoms with Crippen molar-refractivity contribution in [1.29, 1.82) is 0 Å². The maximum absolute atomic E-state index is 12.3. The molecule has 0 saturated carbocycles. The average Bonchev–Trinajstić information content (AvgIpc) is 2.38. The summed E-state index contributed by atoms with van der Waals surface area (Å²) in [6.07, 6.45) is 0. The van der Waals surface area contributed by atoms with Gasteiger partial charge in [-0.05, 0) is 25.3 Å². The lowest BCUT2D eigenvalue weighted by Gasteiger charge is -2.26. The van der Waals surface area contributed by atoms with Crippen molar-refractivity contribution < 1.29 is 14.7 Å². The van der Waals surface area contributed by atoms with Crippen LogP contribution in [0.15, 0.2) is 30.3 Å². The van der Waals surface area contributed by atoms with Gasteiger partial charge in [-0.1, -0.05) is 44.2 Å². The monoisotopic (exact) mass is 277 g/mol. The topological polar surface area (TPSA) is 66.4 Å². The molecule has 0 heterocycles. The smallest absolute Gasteiger partial charge is 0.308 e. The normalized spacial score (nSPS) is 13.1. The van der Waals surface area contributed by atoms with Gasteiger partial charge in [-0.2, -0.15) is 0 Å². The number of rotatable bonds is 6. The fourth-order valence-corrected chi connectivity index (χ4v) is 2.02. The van der Waals surface area contributed by atoms with Gasteiger partial charge in [-0.25, -0.2) is 0 Å². The zero-order chi connectivity index (χ0) is 15.3. The van der Waals surface area contributed by atoms with E-state index in [1.54, 1.807) is 0 Å².